The van der Waals surface area contributed by atoms with Crippen LogP contribution in [0.25, 0.3) is 0 Å². The lowest BCUT2D eigenvalue weighted by Crippen LogP contribution is -2.69. The topological polar surface area (TPSA) is 140 Å². The van der Waals surface area contributed by atoms with E-state index in [1.165, 1.54) is 38.5 Å². The molecule has 1 aliphatic carbocycles. The van der Waals surface area contributed by atoms with Crippen LogP contribution in [-0.4, -0.2) is 123 Å². The predicted molar refractivity (Wildman–Crippen MR) is 180 cm³/mol. The van der Waals surface area contributed by atoms with Gasteiger partial charge in [0.25, 0.3) is 0 Å². The quantitative estimate of drug-likeness (QED) is 0.0350. The number of ether oxygens (including phenoxy) is 2. The molecule has 0 aromatic carbocycles. The summed E-state index contributed by atoms with van der Waals surface area (Å²) in [6, 6.07) is 0. The van der Waals surface area contributed by atoms with Crippen molar-refractivity contribution in [3.63, 3.8) is 0 Å². The third-order valence-electron chi connectivity index (χ3n) is 9.35. The van der Waals surface area contributed by atoms with Crippen LogP contribution in [0.5, 0.6) is 0 Å². The molecule has 9 nitrogen and oxygen atoms in total. The monoisotopic (exact) mass is 633 g/mol. The van der Waals surface area contributed by atoms with E-state index >= 15 is 0 Å². The van der Waals surface area contributed by atoms with Crippen molar-refractivity contribution < 1.29 is 39.8 Å². The smallest absolute Gasteiger partial charge is 0.308 e. The van der Waals surface area contributed by atoms with E-state index in [9.17, 15) is 25.2 Å². The first-order valence-electron chi connectivity index (χ1n) is 17.6. The van der Waals surface area contributed by atoms with Crippen molar-refractivity contribution in [3.8, 4) is 0 Å². The number of esters is 1. The molecule has 1 aliphatic rings. The van der Waals surface area contributed by atoms with Crippen LogP contribution in [0.15, 0.2) is 0 Å². The Bertz CT molecular complexity index is 750. The lowest BCUT2D eigenvalue weighted by molar-refractivity contribution is -0.267. The Kier molecular flexibility index (Phi) is 22.3. The fourth-order valence-electron chi connectivity index (χ4n) is 5.85. The molecule has 2 atom stereocenters. The fraction of sp³-hybridized carbons (Fsp3) is 0.970. The Labute approximate surface area is 277 Å². The number of hydrogen-bond donors (Lipinski definition) is 5. The van der Waals surface area contributed by atoms with Crippen LogP contribution < -0.4 is 0 Å². The fourth-order valence-corrected chi connectivity index (χ4v) is 5.85. The molecular weight excluding hydrogens is 571 g/mol. The average molecular weight is 633 g/mol. The Balaban J connectivity index is 2.35. The molecule has 6 radical (unpaired) electrons. The first-order chi connectivity index (χ1) is 21.4. The van der Waals surface area contributed by atoms with Crippen molar-refractivity contribution in [2.24, 2.45) is 11.8 Å². The lowest BCUT2D eigenvalue weighted by Gasteiger charge is -2.46. The molecule has 0 aromatic heterocycles. The van der Waals surface area contributed by atoms with Gasteiger partial charge in [-0.25, -0.2) is 0 Å². The highest BCUT2D eigenvalue weighted by molar-refractivity contribution is 6.44. The van der Waals surface area contributed by atoms with Gasteiger partial charge in [-0.15, -0.1) is 0 Å². The number of methoxy groups -OCH3 is 1. The largest absolute Gasteiger partial charge is 0.465 e. The van der Waals surface area contributed by atoms with Gasteiger partial charge in [-0.05, 0) is 89.8 Å². The minimum atomic E-state index is -3.02. The number of aliphatic hydroxyl groups excluding tert-OH is 1. The van der Waals surface area contributed by atoms with Crippen LogP contribution in [0, 0.1) is 11.8 Å². The summed E-state index contributed by atoms with van der Waals surface area (Å²) < 4.78 is 10.8. The molecule has 0 aliphatic heterocycles. The third kappa shape index (κ3) is 17.9. The molecule has 5 N–H and O–H groups in total. The van der Waals surface area contributed by atoms with Gasteiger partial charge in [-0.2, -0.15) is 0 Å². The van der Waals surface area contributed by atoms with Crippen molar-refractivity contribution >= 4 is 29.5 Å². The summed E-state index contributed by atoms with van der Waals surface area (Å²) in [6.45, 7) is 4.68. The maximum absolute atomic E-state index is 13.0. The van der Waals surface area contributed by atoms with Crippen molar-refractivity contribution in [3.05, 3.63) is 0 Å². The van der Waals surface area contributed by atoms with E-state index in [2.05, 4.69) is 4.90 Å². The molecule has 0 bridgehead atoms. The van der Waals surface area contributed by atoms with E-state index in [1.54, 1.807) is 7.11 Å². The van der Waals surface area contributed by atoms with Crippen LogP contribution >= 0.6 is 0 Å². The van der Waals surface area contributed by atoms with Gasteiger partial charge < -0.3 is 39.9 Å². The van der Waals surface area contributed by atoms with E-state index < -0.39 is 16.7 Å². The highest BCUT2D eigenvalue weighted by Gasteiger charge is 2.51. The number of hydrogen-bond acceptors (Lipinski definition) is 9. The van der Waals surface area contributed by atoms with Gasteiger partial charge >= 0.3 is 5.97 Å². The van der Waals surface area contributed by atoms with E-state index in [4.69, 9.17) is 38.1 Å². The third-order valence-corrected chi connectivity index (χ3v) is 9.35. The summed E-state index contributed by atoms with van der Waals surface area (Å²) in [6.07, 6.45) is 18.0. The molecule has 1 fully saturated rings. The first-order valence-corrected chi connectivity index (χ1v) is 17.6. The summed E-state index contributed by atoms with van der Waals surface area (Å²) in [5, 5.41) is 46.1. The van der Waals surface area contributed by atoms with E-state index in [0.29, 0.717) is 31.8 Å². The number of carbonyl (C=O) groups is 1. The van der Waals surface area contributed by atoms with E-state index in [-0.39, 0.29) is 31.3 Å². The molecule has 0 amide bonds. The van der Waals surface area contributed by atoms with Gasteiger partial charge in [0.2, 0.25) is 0 Å². The van der Waals surface area contributed by atoms with Gasteiger partial charge in [0.15, 0.2) is 5.79 Å². The van der Waals surface area contributed by atoms with Gasteiger partial charge in [0, 0.05) is 32.1 Å². The zero-order valence-electron chi connectivity index (χ0n) is 28.2. The van der Waals surface area contributed by atoms with Crippen LogP contribution in [0.3, 0.4) is 0 Å². The molecule has 1 saturated carbocycles. The van der Waals surface area contributed by atoms with E-state index in [1.807, 2.05) is 0 Å². The zero-order valence-corrected chi connectivity index (χ0v) is 28.2. The van der Waals surface area contributed by atoms with Gasteiger partial charge in [-0.3, -0.25) is 4.79 Å². The van der Waals surface area contributed by atoms with Crippen LogP contribution in [0.1, 0.15) is 128 Å². The maximum Gasteiger partial charge on any atom is 0.308 e. The Hall–Kier alpha value is -0.615. The maximum atomic E-state index is 13.0. The number of aliphatic hydroxyl groups is 5. The van der Waals surface area contributed by atoms with Crippen molar-refractivity contribution in [2.45, 2.75) is 145 Å². The van der Waals surface area contributed by atoms with Crippen LogP contribution in [-0.2, 0) is 14.3 Å². The molecule has 256 valence electrons. The SMILES string of the molecule is [B]C([B])(O)C([B])(O)C(O)(O)CCCCCC(CCC1CCC1)C(=O)OCCCCCCN(CCCCO)CCCCCCOC. The molecule has 12 heteroatoms. The highest BCUT2D eigenvalue weighted by atomic mass is 16.5. The standard InChI is InChI=1S/C33H62B3NO8/c1-44-26-13-4-2-9-22-37(24-11-12-25-38)23-10-3-5-14-27-45-30(39)29(20-19-28-16-15-17-28)18-7-6-8-21-31(40,41)32(34,42)33(35,36)43/h28-29,38,40-43H,2-27H2,1H3. The number of rotatable bonds is 30. The molecule has 0 heterocycles. The summed E-state index contributed by atoms with van der Waals surface area (Å²) in [4.78, 5) is 15.5. The van der Waals surface area contributed by atoms with Gasteiger partial charge in [-0.1, -0.05) is 57.8 Å². The van der Waals surface area contributed by atoms with Gasteiger partial charge in [0.1, 0.15) is 23.5 Å². The first kappa shape index (κ1) is 42.4. The highest BCUT2D eigenvalue weighted by Crippen LogP contribution is 2.33. The zero-order chi connectivity index (χ0) is 33.6. The lowest BCUT2D eigenvalue weighted by atomic mass is 9.46. The summed E-state index contributed by atoms with van der Waals surface area (Å²) >= 11 is 0. The van der Waals surface area contributed by atoms with Gasteiger partial charge in [0.05, 0.1) is 18.0 Å². The molecule has 2 unspecified atom stereocenters. The van der Waals surface area contributed by atoms with Crippen LogP contribution in [0.2, 0.25) is 0 Å². The molecule has 0 spiro atoms. The number of carbonyl (C=O) groups excluding carboxylic acids is 1. The molecule has 0 saturated heterocycles. The summed E-state index contributed by atoms with van der Waals surface area (Å²) in [5.74, 6) is -2.53. The molecule has 0 aromatic rings. The Morgan fingerprint density at radius 3 is 1.87 bits per heavy atom. The van der Waals surface area contributed by atoms with Crippen molar-refractivity contribution in [1.29, 1.82) is 0 Å². The van der Waals surface area contributed by atoms with Crippen LogP contribution in [0.4, 0.5) is 0 Å². The second kappa shape index (κ2) is 23.7. The molecular formula is C33H62B3NO8. The minimum absolute atomic E-state index is 0.152. The Morgan fingerprint density at radius 2 is 1.33 bits per heavy atom. The summed E-state index contributed by atoms with van der Waals surface area (Å²) in [5.41, 5.74) is -3.02. The molecule has 45 heavy (non-hydrogen) atoms. The Morgan fingerprint density at radius 1 is 0.778 bits per heavy atom. The summed E-state index contributed by atoms with van der Waals surface area (Å²) in [7, 11) is 17.5. The molecule has 1 rings (SSSR count). The normalized spacial score (nSPS) is 16.4. The van der Waals surface area contributed by atoms with Crippen molar-refractivity contribution in [2.75, 3.05) is 46.6 Å². The average Bonchev–Trinajstić information content (AvgIpc) is 2.95. The van der Waals surface area contributed by atoms with E-state index in [0.717, 1.165) is 84.0 Å². The number of unbranched alkanes of at least 4 members (excludes halogenated alkanes) is 9. The second-order valence-corrected chi connectivity index (χ2v) is 13.3. The second-order valence-electron chi connectivity index (χ2n) is 13.3. The predicted octanol–water partition coefficient (Wildman–Crippen LogP) is 3.04. The minimum Gasteiger partial charge on any atom is -0.465 e. The van der Waals surface area contributed by atoms with Crippen molar-refractivity contribution in [1.82, 2.24) is 4.90 Å². The number of nitrogens with zero attached hydrogens (tertiary/aromatic N) is 1.